The molecule has 0 saturated carbocycles. The second kappa shape index (κ2) is 5.52. The second-order valence-electron chi connectivity index (χ2n) is 4.89. The van der Waals surface area contributed by atoms with Crippen LogP contribution in [0.5, 0.6) is 0 Å². The van der Waals surface area contributed by atoms with E-state index < -0.39 is 17.7 Å². The Bertz CT molecular complexity index is 798. The number of nitrogens with one attached hydrogen (secondary N) is 1. The molecule has 1 atom stereocenters. The van der Waals surface area contributed by atoms with Gasteiger partial charge in [0.1, 0.15) is 0 Å². The number of hydrogen-bond donors (Lipinski definition) is 2. The van der Waals surface area contributed by atoms with Gasteiger partial charge in [0.15, 0.2) is 11.6 Å². The van der Waals surface area contributed by atoms with Crippen LogP contribution in [0.25, 0.3) is 10.1 Å². The monoisotopic (exact) mass is 304 g/mol. The van der Waals surface area contributed by atoms with Crippen LogP contribution in [0.3, 0.4) is 0 Å². The maximum Gasteiger partial charge on any atom is 0.164 e. The minimum atomic E-state index is -0.853. The van der Waals surface area contributed by atoms with Crippen LogP contribution in [0.1, 0.15) is 22.7 Å². The lowest BCUT2D eigenvalue weighted by molar-refractivity contribution is 0.479. The molecule has 0 saturated heterocycles. The molecule has 1 aromatic heterocycles. The average Bonchev–Trinajstić information content (AvgIpc) is 2.92. The molecule has 21 heavy (non-hydrogen) atoms. The van der Waals surface area contributed by atoms with Crippen molar-refractivity contribution in [2.24, 2.45) is 5.84 Å². The smallest absolute Gasteiger partial charge is 0.164 e. The number of hydrazine groups is 1. The number of benzene rings is 2. The molecule has 0 bridgehead atoms. The maximum absolute atomic E-state index is 14.2. The van der Waals surface area contributed by atoms with Gasteiger partial charge in [-0.3, -0.25) is 5.84 Å². The Morgan fingerprint density at radius 1 is 1.05 bits per heavy atom. The molecule has 0 amide bonds. The third kappa shape index (κ3) is 2.33. The zero-order chi connectivity index (χ0) is 15.0. The molecule has 108 valence electrons. The fraction of sp³-hybridized carbons (Fsp3) is 0.125. The Morgan fingerprint density at radius 3 is 2.57 bits per heavy atom. The number of aryl methyl sites for hydroxylation is 1. The van der Waals surface area contributed by atoms with Crippen LogP contribution in [0.4, 0.5) is 8.78 Å². The summed E-state index contributed by atoms with van der Waals surface area (Å²) >= 11 is 1.55. The predicted molar refractivity (Wildman–Crippen MR) is 82.1 cm³/mol. The first kappa shape index (κ1) is 14.1. The Balaban J connectivity index is 2.17. The standard InChI is InChI=1S/C16H14F2N2S/c1-9-6-7-11(15(18)14(9)17)16(20-19)12-8-21-13-5-3-2-4-10(12)13/h2-8,16,20H,19H2,1H3. The maximum atomic E-state index is 14.2. The summed E-state index contributed by atoms with van der Waals surface area (Å²) < 4.78 is 29.1. The van der Waals surface area contributed by atoms with Crippen LogP contribution in [0, 0.1) is 18.6 Å². The third-order valence-corrected chi connectivity index (χ3v) is 4.59. The van der Waals surface area contributed by atoms with E-state index in [1.165, 1.54) is 6.92 Å². The molecule has 0 radical (unpaired) electrons. The third-order valence-electron chi connectivity index (χ3n) is 3.60. The molecule has 1 heterocycles. The molecule has 2 nitrogen and oxygen atoms in total. The zero-order valence-corrected chi connectivity index (χ0v) is 12.2. The number of fused-ring (bicyclic) bond motifs is 1. The molecular weight excluding hydrogens is 290 g/mol. The molecule has 0 spiro atoms. The number of nitrogens with two attached hydrogens (primary N) is 1. The Morgan fingerprint density at radius 2 is 1.81 bits per heavy atom. The highest BCUT2D eigenvalue weighted by atomic mass is 32.1. The Kier molecular flexibility index (Phi) is 3.71. The largest absolute Gasteiger partial charge is 0.271 e. The molecule has 5 heteroatoms. The molecule has 0 fully saturated rings. The summed E-state index contributed by atoms with van der Waals surface area (Å²) in [5, 5.41) is 2.91. The first-order chi connectivity index (χ1) is 10.1. The van der Waals surface area contributed by atoms with E-state index in [1.54, 1.807) is 23.5 Å². The lowest BCUT2D eigenvalue weighted by Gasteiger charge is -2.17. The minimum Gasteiger partial charge on any atom is -0.271 e. The second-order valence-corrected chi connectivity index (χ2v) is 5.80. The normalized spacial score (nSPS) is 12.8. The summed E-state index contributed by atoms with van der Waals surface area (Å²) in [6.07, 6.45) is 0. The van der Waals surface area contributed by atoms with Gasteiger partial charge in [-0.2, -0.15) is 0 Å². The molecule has 0 aliphatic carbocycles. The van der Waals surface area contributed by atoms with Gasteiger partial charge in [0.25, 0.3) is 0 Å². The average molecular weight is 304 g/mol. The van der Waals surface area contributed by atoms with Gasteiger partial charge in [-0.1, -0.05) is 30.3 Å². The Labute approximate surface area is 125 Å². The van der Waals surface area contributed by atoms with Crippen molar-refractivity contribution in [3.63, 3.8) is 0 Å². The van der Waals surface area contributed by atoms with Crippen LogP contribution in [0.2, 0.25) is 0 Å². The van der Waals surface area contributed by atoms with Gasteiger partial charge in [-0.25, -0.2) is 14.2 Å². The van der Waals surface area contributed by atoms with E-state index in [0.29, 0.717) is 0 Å². The summed E-state index contributed by atoms with van der Waals surface area (Å²) in [5.41, 5.74) is 3.94. The fourth-order valence-electron chi connectivity index (χ4n) is 2.45. The molecule has 3 N–H and O–H groups in total. The summed E-state index contributed by atoms with van der Waals surface area (Å²) in [6, 6.07) is 10.4. The minimum absolute atomic E-state index is 0.212. The number of thiophene rings is 1. The lowest BCUT2D eigenvalue weighted by Crippen LogP contribution is -2.29. The van der Waals surface area contributed by atoms with Crippen molar-refractivity contribution in [3.05, 3.63) is 70.1 Å². The lowest BCUT2D eigenvalue weighted by atomic mass is 9.97. The summed E-state index contributed by atoms with van der Waals surface area (Å²) in [6.45, 7) is 1.53. The van der Waals surface area contributed by atoms with E-state index in [1.807, 2.05) is 29.6 Å². The van der Waals surface area contributed by atoms with Crippen molar-refractivity contribution in [1.29, 1.82) is 0 Å². The van der Waals surface area contributed by atoms with E-state index in [0.717, 1.165) is 15.6 Å². The van der Waals surface area contributed by atoms with E-state index in [2.05, 4.69) is 5.43 Å². The Hall–Kier alpha value is -1.82. The highest BCUT2D eigenvalue weighted by Crippen LogP contribution is 2.34. The van der Waals surface area contributed by atoms with Crippen LogP contribution < -0.4 is 11.3 Å². The van der Waals surface area contributed by atoms with Crippen LogP contribution in [-0.4, -0.2) is 0 Å². The van der Waals surface area contributed by atoms with Gasteiger partial charge in [0.05, 0.1) is 6.04 Å². The van der Waals surface area contributed by atoms with E-state index in [4.69, 9.17) is 5.84 Å². The molecule has 3 rings (SSSR count). The van der Waals surface area contributed by atoms with E-state index in [-0.39, 0.29) is 11.1 Å². The van der Waals surface area contributed by atoms with E-state index >= 15 is 0 Å². The van der Waals surface area contributed by atoms with Gasteiger partial charge in [0, 0.05) is 10.3 Å². The van der Waals surface area contributed by atoms with Gasteiger partial charge < -0.3 is 0 Å². The van der Waals surface area contributed by atoms with Crippen LogP contribution >= 0.6 is 11.3 Å². The first-order valence-corrected chi connectivity index (χ1v) is 7.38. The quantitative estimate of drug-likeness (QED) is 0.566. The van der Waals surface area contributed by atoms with Crippen LogP contribution in [-0.2, 0) is 0 Å². The summed E-state index contributed by atoms with van der Waals surface area (Å²) in [4.78, 5) is 0. The zero-order valence-electron chi connectivity index (χ0n) is 11.4. The number of hydrogen-bond acceptors (Lipinski definition) is 3. The van der Waals surface area contributed by atoms with Crippen molar-refractivity contribution in [3.8, 4) is 0 Å². The van der Waals surface area contributed by atoms with Gasteiger partial charge in [-0.05, 0) is 34.9 Å². The molecule has 0 aliphatic rings. The van der Waals surface area contributed by atoms with Gasteiger partial charge in [0.2, 0.25) is 0 Å². The fourth-order valence-corrected chi connectivity index (χ4v) is 3.44. The summed E-state index contributed by atoms with van der Waals surface area (Å²) in [5.74, 6) is 3.93. The molecule has 2 aromatic carbocycles. The number of rotatable bonds is 3. The SMILES string of the molecule is Cc1ccc(C(NN)c2csc3ccccc23)c(F)c1F. The topological polar surface area (TPSA) is 38.0 Å². The van der Waals surface area contributed by atoms with E-state index in [9.17, 15) is 8.78 Å². The molecule has 1 unspecified atom stereocenters. The molecular formula is C16H14F2N2S. The highest BCUT2D eigenvalue weighted by Gasteiger charge is 2.22. The van der Waals surface area contributed by atoms with Crippen molar-refractivity contribution < 1.29 is 8.78 Å². The predicted octanol–water partition coefficient (Wildman–Crippen LogP) is 4.04. The summed E-state index contributed by atoms with van der Waals surface area (Å²) in [7, 11) is 0. The van der Waals surface area contributed by atoms with Crippen molar-refractivity contribution in [2.75, 3.05) is 0 Å². The first-order valence-electron chi connectivity index (χ1n) is 6.50. The molecule has 3 aromatic rings. The molecule has 0 aliphatic heterocycles. The van der Waals surface area contributed by atoms with Crippen molar-refractivity contribution in [2.45, 2.75) is 13.0 Å². The highest BCUT2D eigenvalue weighted by molar-refractivity contribution is 7.17. The van der Waals surface area contributed by atoms with Crippen molar-refractivity contribution in [1.82, 2.24) is 5.43 Å². The van der Waals surface area contributed by atoms with Crippen molar-refractivity contribution >= 4 is 21.4 Å². The van der Waals surface area contributed by atoms with Gasteiger partial charge in [-0.15, -0.1) is 11.3 Å². The van der Waals surface area contributed by atoms with Crippen LogP contribution in [0.15, 0.2) is 41.8 Å². The van der Waals surface area contributed by atoms with Gasteiger partial charge >= 0.3 is 0 Å². The number of halogens is 2.